The Morgan fingerprint density at radius 3 is 3.06 bits per heavy atom. The van der Waals surface area contributed by atoms with Crippen molar-refractivity contribution < 1.29 is 0 Å². The van der Waals surface area contributed by atoms with Crippen LogP contribution in [-0.2, 0) is 6.54 Å². The van der Waals surface area contributed by atoms with Crippen LogP contribution >= 0.6 is 0 Å². The quantitative estimate of drug-likeness (QED) is 0.786. The fourth-order valence-electron chi connectivity index (χ4n) is 2.25. The maximum Gasteiger partial charge on any atom is 0.137 e. The molecule has 1 fully saturated rings. The molecule has 2 N–H and O–H groups in total. The molecule has 1 aliphatic heterocycles. The number of aromatic amines is 1. The van der Waals surface area contributed by atoms with Crippen LogP contribution in [0.3, 0.4) is 0 Å². The van der Waals surface area contributed by atoms with Crippen LogP contribution in [0.2, 0.25) is 0 Å². The third kappa shape index (κ3) is 1.81. The molecule has 1 aliphatic rings. The Bertz CT molecular complexity index is 471. The summed E-state index contributed by atoms with van der Waals surface area (Å²) in [5.41, 5.74) is 2.35. The predicted octanol–water partition coefficient (Wildman–Crippen LogP) is 0.968. The SMILES string of the molecule is c1cnc2[nH]cc(CN3CCNCC3)c2c1. The van der Waals surface area contributed by atoms with Crippen molar-refractivity contribution in [3.05, 3.63) is 30.1 Å². The fraction of sp³-hybridized carbons (Fsp3) is 0.417. The first-order valence-corrected chi connectivity index (χ1v) is 5.77. The molecule has 3 rings (SSSR count). The van der Waals surface area contributed by atoms with Crippen molar-refractivity contribution in [2.45, 2.75) is 6.54 Å². The Morgan fingerprint density at radius 2 is 2.19 bits per heavy atom. The van der Waals surface area contributed by atoms with Gasteiger partial charge in [-0.1, -0.05) is 0 Å². The van der Waals surface area contributed by atoms with Gasteiger partial charge in [0.15, 0.2) is 0 Å². The van der Waals surface area contributed by atoms with E-state index in [2.05, 4.69) is 32.4 Å². The molecule has 0 unspecified atom stereocenters. The van der Waals surface area contributed by atoms with Gasteiger partial charge in [0.2, 0.25) is 0 Å². The first-order valence-electron chi connectivity index (χ1n) is 5.77. The summed E-state index contributed by atoms with van der Waals surface area (Å²) in [6, 6.07) is 4.13. The Hall–Kier alpha value is -1.39. The summed E-state index contributed by atoms with van der Waals surface area (Å²) in [5, 5.41) is 4.62. The van der Waals surface area contributed by atoms with Crippen molar-refractivity contribution >= 4 is 11.0 Å². The molecule has 0 saturated carbocycles. The lowest BCUT2D eigenvalue weighted by Gasteiger charge is -2.26. The summed E-state index contributed by atoms with van der Waals surface area (Å²) < 4.78 is 0. The number of hydrogen-bond donors (Lipinski definition) is 2. The van der Waals surface area contributed by atoms with Gasteiger partial charge in [-0.25, -0.2) is 4.98 Å². The number of rotatable bonds is 2. The van der Waals surface area contributed by atoms with Gasteiger partial charge in [-0.2, -0.15) is 0 Å². The van der Waals surface area contributed by atoms with E-state index in [9.17, 15) is 0 Å². The van der Waals surface area contributed by atoms with E-state index >= 15 is 0 Å². The standard InChI is InChI=1S/C12H16N4/c1-2-11-10(8-15-12(11)14-3-1)9-16-6-4-13-5-7-16/h1-3,8,13H,4-7,9H2,(H,14,15). The molecule has 2 aromatic heterocycles. The van der Waals surface area contributed by atoms with Gasteiger partial charge in [-0.05, 0) is 17.7 Å². The largest absolute Gasteiger partial charge is 0.346 e. The van der Waals surface area contributed by atoms with Gasteiger partial charge >= 0.3 is 0 Å². The number of fused-ring (bicyclic) bond motifs is 1. The molecule has 84 valence electrons. The van der Waals surface area contributed by atoms with Gasteiger partial charge in [0.1, 0.15) is 5.65 Å². The summed E-state index contributed by atoms with van der Waals surface area (Å²) >= 11 is 0. The molecule has 0 aliphatic carbocycles. The highest BCUT2D eigenvalue weighted by Gasteiger charge is 2.12. The molecular weight excluding hydrogens is 200 g/mol. The Kier molecular flexibility index (Phi) is 2.60. The molecule has 4 heteroatoms. The lowest BCUT2D eigenvalue weighted by molar-refractivity contribution is 0.234. The first kappa shape index (κ1) is 9.81. The zero-order valence-corrected chi connectivity index (χ0v) is 9.24. The summed E-state index contributed by atoms with van der Waals surface area (Å²) in [4.78, 5) is 10.0. The van der Waals surface area contributed by atoms with E-state index in [1.807, 2.05) is 12.3 Å². The van der Waals surface area contributed by atoms with Crippen LogP contribution in [0, 0.1) is 0 Å². The first-order chi connectivity index (χ1) is 7.93. The van der Waals surface area contributed by atoms with Gasteiger partial charge in [0.05, 0.1) is 0 Å². The van der Waals surface area contributed by atoms with Crippen molar-refractivity contribution in [2.75, 3.05) is 26.2 Å². The number of piperazine rings is 1. The van der Waals surface area contributed by atoms with E-state index < -0.39 is 0 Å². The van der Waals surface area contributed by atoms with E-state index in [4.69, 9.17) is 0 Å². The normalized spacial score (nSPS) is 18.0. The molecule has 0 amide bonds. The van der Waals surface area contributed by atoms with Crippen LogP contribution in [0.4, 0.5) is 0 Å². The van der Waals surface area contributed by atoms with Gasteiger partial charge in [0.25, 0.3) is 0 Å². The smallest absolute Gasteiger partial charge is 0.137 e. The number of pyridine rings is 1. The molecule has 2 aromatic rings. The molecule has 3 heterocycles. The summed E-state index contributed by atoms with van der Waals surface area (Å²) in [7, 11) is 0. The summed E-state index contributed by atoms with van der Waals surface area (Å²) in [5.74, 6) is 0. The molecule has 0 atom stereocenters. The second-order valence-electron chi connectivity index (χ2n) is 4.24. The maximum atomic E-state index is 4.31. The van der Waals surface area contributed by atoms with Crippen molar-refractivity contribution in [3.8, 4) is 0 Å². The highest BCUT2D eigenvalue weighted by molar-refractivity contribution is 5.79. The van der Waals surface area contributed by atoms with Crippen LogP contribution in [0.1, 0.15) is 5.56 Å². The minimum Gasteiger partial charge on any atom is -0.346 e. The average molecular weight is 216 g/mol. The average Bonchev–Trinajstić information content (AvgIpc) is 2.74. The number of nitrogens with zero attached hydrogens (tertiary/aromatic N) is 2. The highest BCUT2D eigenvalue weighted by atomic mass is 15.2. The minimum atomic E-state index is 0.993. The maximum absolute atomic E-state index is 4.31. The van der Waals surface area contributed by atoms with Crippen LogP contribution in [-0.4, -0.2) is 41.0 Å². The van der Waals surface area contributed by atoms with E-state index in [1.165, 1.54) is 10.9 Å². The third-order valence-electron chi connectivity index (χ3n) is 3.14. The van der Waals surface area contributed by atoms with Crippen LogP contribution < -0.4 is 5.32 Å². The number of nitrogens with one attached hydrogen (secondary N) is 2. The Labute approximate surface area is 94.7 Å². The summed E-state index contributed by atoms with van der Waals surface area (Å²) in [6.45, 7) is 5.48. The van der Waals surface area contributed by atoms with E-state index in [-0.39, 0.29) is 0 Å². The van der Waals surface area contributed by atoms with Crippen LogP contribution in [0.25, 0.3) is 11.0 Å². The molecule has 4 nitrogen and oxygen atoms in total. The van der Waals surface area contributed by atoms with Crippen LogP contribution in [0.15, 0.2) is 24.5 Å². The van der Waals surface area contributed by atoms with Crippen molar-refractivity contribution in [2.24, 2.45) is 0 Å². The number of H-pyrrole nitrogens is 1. The predicted molar refractivity (Wildman–Crippen MR) is 64.2 cm³/mol. The number of hydrogen-bond acceptors (Lipinski definition) is 3. The van der Waals surface area contributed by atoms with E-state index in [0.29, 0.717) is 0 Å². The van der Waals surface area contributed by atoms with Gasteiger partial charge in [-0.3, -0.25) is 4.90 Å². The Morgan fingerprint density at radius 1 is 1.31 bits per heavy atom. The molecular formula is C12H16N4. The molecule has 16 heavy (non-hydrogen) atoms. The molecule has 0 spiro atoms. The van der Waals surface area contributed by atoms with Crippen molar-refractivity contribution in [1.29, 1.82) is 0 Å². The monoisotopic (exact) mass is 216 g/mol. The lowest BCUT2D eigenvalue weighted by atomic mass is 10.2. The zero-order chi connectivity index (χ0) is 10.8. The van der Waals surface area contributed by atoms with Crippen molar-refractivity contribution in [3.63, 3.8) is 0 Å². The molecule has 0 aromatic carbocycles. The topological polar surface area (TPSA) is 44.0 Å². The highest BCUT2D eigenvalue weighted by Crippen LogP contribution is 2.17. The van der Waals surface area contributed by atoms with Gasteiger partial charge in [0, 0.05) is 50.5 Å². The van der Waals surface area contributed by atoms with E-state index in [1.54, 1.807) is 0 Å². The Balaban J connectivity index is 1.83. The van der Waals surface area contributed by atoms with Crippen LogP contribution in [0.5, 0.6) is 0 Å². The molecule has 1 saturated heterocycles. The summed E-state index contributed by atoms with van der Waals surface area (Å²) in [6.07, 6.45) is 3.91. The number of aromatic nitrogens is 2. The van der Waals surface area contributed by atoms with Gasteiger partial charge < -0.3 is 10.3 Å². The fourth-order valence-corrected chi connectivity index (χ4v) is 2.25. The van der Waals surface area contributed by atoms with E-state index in [0.717, 1.165) is 38.4 Å². The molecule has 0 bridgehead atoms. The zero-order valence-electron chi connectivity index (χ0n) is 9.24. The molecule has 0 radical (unpaired) electrons. The second-order valence-corrected chi connectivity index (χ2v) is 4.24. The lowest BCUT2D eigenvalue weighted by Crippen LogP contribution is -2.42. The third-order valence-corrected chi connectivity index (χ3v) is 3.14. The minimum absolute atomic E-state index is 0.993. The van der Waals surface area contributed by atoms with Crippen molar-refractivity contribution in [1.82, 2.24) is 20.2 Å². The van der Waals surface area contributed by atoms with Gasteiger partial charge in [-0.15, -0.1) is 0 Å². The second kappa shape index (κ2) is 4.23.